The van der Waals surface area contributed by atoms with Crippen molar-refractivity contribution in [2.75, 3.05) is 0 Å². The molecule has 0 aliphatic heterocycles. The molecular weight excluding hydrogens is 224 g/mol. The summed E-state index contributed by atoms with van der Waals surface area (Å²) in [7, 11) is 0. The molecule has 0 radical (unpaired) electrons. The number of hydrogen-bond donors (Lipinski definition) is 1. The van der Waals surface area contributed by atoms with Crippen LogP contribution in [0.25, 0.3) is 0 Å². The first-order valence-corrected chi connectivity index (χ1v) is 6.37. The van der Waals surface area contributed by atoms with Gasteiger partial charge in [0.2, 0.25) is 0 Å². The van der Waals surface area contributed by atoms with Crippen molar-refractivity contribution < 1.29 is 0 Å². The molecule has 0 bridgehead atoms. The average molecular weight is 244 g/mol. The topological polar surface area (TPSA) is 56.7 Å². The molecule has 2 rings (SSSR count). The number of rotatable bonds is 4. The largest absolute Gasteiger partial charge is 0.319 e. The quantitative estimate of drug-likeness (QED) is 0.898. The molecule has 18 heavy (non-hydrogen) atoms. The maximum absolute atomic E-state index is 6.39. The van der Waals surface area contributed by atoms with Crippen LogP contribution in [0.15, 0.2) is 30.7 Å². The maximum Gasteiger partial charge on any atom is 0.0727 e. The highest BCUT2D eigenvalue weighted by Gasteiger charge is 2.17. The number of pyridine rings is 1. The van der Waals surface area contributed by atoms with Crippen LogP contribution in [0.3, 0.4) is 0 Å². The SMILES string of the molecule is CCc1cnccc1C(N)c1ccnn1C(C)C. The summed E-state index contributed by atoms with van der Waals surface area (Å²) in [6, 6.07) is 4.16. The summed E-state index contributed by atoms with van der Waals surface area (Å²) in [6.07, 6.45) is 6.43. The van der Waals surface area contributed by atoms with Crippen LogP contribution < -0.4 is 5.73 Å². The molecule has 0 saturated heterocycles. The van der Waals surface area contributed by atoms with Gasteiger partial charge in [0.15, 0.2) is 0 Å². The van der Waals surface area contributed by atoms with Gasteiger partial charge in [-0.25, -0.2) is 0 Å². The third-order valence-corrected chi connectivity index (χ3v) is 3.17. The first kappa shape index (κ1) is 12.8. The molecule has 96 valence electrons. The lowest BCUT2D eigenvalue weighted by molar-refractivity contribution is 0.498. The second-order valence-electron chi connectivity index (χ2n) is 4.70. The smallest absolute Gasteiger partial charge is 0.0727 e. The molecular formula is C14H20N4. The van der Waals surface area contributed by atoms with E-state index in [2.05, 4.69) is 30.9 Å². The predicted octanol–water partition coefficient (Wildman–Crippen LogP) is 2.47. The number of nitrogens with two attached hydrogens (primary N) is 1. The molecule has 0 spiro atoms. The van der Waals surface area contributed by atoms with Gasteiger partial charge >= 0.3 is 0 Å². The van der Waals surface area contributed by atoms with Crippen LogP contribution >= 0.6 is 0 Å². The van der Waals surface area contributed by atoms with E-state index >= 15 is 0 Å². The minimum Gasteiger partial charge on any atom is -0.319 e. The fourth-order valence-corrected chi connectivity index (χ4v) is 2.20. The van der Waals surface area contributed by atoms with Gasteiger partial charge in [-0.3, -0.25) is 9.67 Å². The predicted molar refractivity (Wildman–Crippen MR) is 72.3 cm³/mol. The van der Waals surface area contributed by atoms with Crippen molar-refractivity contribution >= 4 is 0 Å². The Labute approximate surface area is 108 Å². The highest BCUT2D eigenvalue weighted by molar-refractivity contribution is 5.32. The zero-order valence-electron chi connectivity index (χ0n) is 11.2. The highest BCUT2D eigenvalue weighted by Crippen LogP contribution is 2.24. The van der Waals surface area contributed by atoms with Crippen LogP contribution in [0.2, 0.25) is 0 Å². The lowest BCUT2D eigenvalue weighted by Gasteiger charge is -2.19. The van der Waals surface area contributed by atoms with Crippen LogP contribution in [0.1, 0.15) is 49.7 Å². The lowest BCUT2D eigenvalue weighted by Crippen LogP contribution is -2.20. The molecule has 0 fully saturated rings. The summed E-state index contributed by atoms with van der Waals surface area (Å²) < 4.78 is 1.98. The Kier molecular flexibility index (Phi) is 3.77. The van der Waals surface area contributed by atoms with E-state index in [9.17, 15) is 0 Å². The van der Waals surface area contributed by atoms with Crippen molar-refractivity contribution in [1.82, 2.24) is 14.8 Å². The molecule has 2 aromatic heterocycles. The standard InChI is InChI=1S/C14H20N4/c1-4-11-9-16-7-5-12(11)14(15)13-6-8-17-18(13)10(2)3/h5-10,14H,4,15H2,1-3H3. The van der Waals surface area contributed by atoms with Gasteiger partial charge in [-0.2, -0.15) is 5.10 Å². The first-order chi connectivity index (χ1) is 8.65. The van der Waals surface area contributed by atoms with E-state index in [1.54, 1.807) is 6.20 Å². The van der Waals surface area contributed by atoms with E-state index in [1.165, 1.54) is 5.56 Å². The summed E-state index contributed by atoms with van der Waals surface area (Å²) in [5.74, 6) is 0. The average Bonchev–Trinajstić information content (AvgIpc) is 2.87. The third kappa shape index (κ3) is 2.29. The zero-order valence-corrected chi connectivity index (χ0v) is 11.2. The fraction of sp³-hybridized carbons (Fsp3) is 0.429. The number of nitrogens with zero attached hydrogens (tertiary/aromatic N) is 3. The van der Waals surface area contributed by atoms with Crippen LogP contribution in [0.4, 0.5) is 0 Å². The summed E-state index contributed by atoms with van der Waals surface area (Å²) in [4.78, 5) is 4.16. The summed E-state index contributed by atoms with van der Waals surface area (Å²) in [5.41, 5.74) is 9.76. The minimum absolute atomic E-state index is 0.146. The third-order valence-electron chi connectivity index (χ3n) is 3.17. The van der Waals surface area contributed by atoms with E-state index in [1.807, 2.05) is 29.2 Å². The van der Waals surface area contributed by atoms with Crippen LogP contribution in [0, 0.1) is 0 Å². The summed E-state index contributed by atoms with van der Waals surface area (Å²) >= 11 is 0. The molecule has 0 saturated carbocycles. The maximum atomic E-state index is 6.39. The Morgan fingerprint density at radius 1 is 1.28 bits per heavy atom. The number of aromatic nitrogens is 3. The van der Waals surface area contributed by atoms with Gasteiger partial charge < -0.3 is 5.73 Å². The molecule has 0 aliphatic rings. The molecule has 0 aromatic carbocycles. The fourth-order valence-electron chi connectivity index (χ4n) is 2.20. The van der Waals surface area contributed by atoms with Gasteiger partial charge in [0.1, 0.15) is 0 Å². The molecule has 2 aromatic rings. The van der Waals surface area contributed by atoms with Crippen molar-refractivity contribution in [1.29, 1.82) is 0 Å². The Morgan fingerprint density at radius 3 is 2.72 bits per heavy atom. The normalized spacial score (nSPS) is 12.9. The Bertz CT molecular complexity index is 516. The molecule has 4 heteroatoms. The molecule has 2 N–H and O–H groups in total. The highest BCUT2D eigenvalue weighted by atomic mass is 15.3. The first-order valence-electron chi connectivity index (χ1n) is 6.37. The lowest BCUT2D eigenvalue weighted by atomic mass is 9.99. The van der Waals surface area contributed by atoms with E-state index in [0.29, 0.717) is 6.04 Å². The van der Waals surface area contributed by atoms with Gasteiger partial charge in [0.05, 0.1) is 11.7 Å². The van der Waals surface area contributed by atoms with Crippen LogP contribution in [-0.2, 0) is 6.42 Å². The van der Waals surface area contributed by atoms with E-state index in [0.717, 1.165) is 17.7 Å². The minimum atomic E-state index is -0.146. The van der Waals surface area contributed by atoms with Crippen molar-refractivity contribution in [3.05, 3.63) is 47.5 Å². The molecule has 0 aliphatic carbocycles. The van der Waals surface area contributed by atoms with Gasteiger partial charge in [-0.05, 0) is 43.5 Å². The molecule has 2 heterocycles. The molecule has 4 nitrogen and oxygen atoms in total. The van der Waals surface area contributed by atoms with E-state index in [-0.39, 0.29) is 6.04 Å². The van der Waals surface area contributed by atoms with Gasteiger partial charge in [-0.15, -0.1) is 0 Å². The summed E-state index contributed by atoms with van der Waals surface area (Å²) in [5, 5.41) is 4.34. The van der Waals surface area contributed by atoms with Gasteiger partial charge in [-0.1, -0.05) is 6.92 Å². The summed E-state index contributed by atoms with van der Waals surface area (Å²) in [6.45, 7) is 6.33. The molecule has 1 unspecified atom stereocenters. The van der Waals surface area contributed by atoms with Crippen LogP contribution in [-0.4, -0.2) is 14.8 Å². The zero-order chi connectivity index (χ0) is 13.1. The van der Waals surface area contributed by atoms with Gasteiger partial charge in [0, 0.05) is 24.6 Å². The van der Waals surface area contributed by atoms with E-state index < -0.39 is 0 Å². The molecule has 1 atom stereocenters. The van der Waals surface area contributed by atoms with E-state index in [4.69, 9.17) is 5.73 Å². The Balaban J connectivity index is 2.41. The monoisotopic (exact) mass is 244 g/mol. The second-order valence-corrected chi connectivity index (χ2v) is 4.70. The van der Waals surface area contributed by atoms with Crippen molar-refractivity contribution in [3.63, 3.8) is 0 Å². The Hall–Kier alpha value is -1.68. The van der Waals surface area contributed by atoms with Crippen molar-refractivity contribution in [2.45, 2.75) is 39.3 Å². The van der Waals surface area contributed by atoms with Gasteiger partial charge in [0.25, 0.3) is 0 Å². The Morgan fingerprint density at radius 2 is 2.06 bits per heavy atom. The van der Waals surface area contributed by atoms with Crippen molar-refractivity contribution in [2.24, 2.45) is 5.73 Å². The second kappa shape index (κ2) is 5.31. The molecule has 0 amide bonds. The number of hydrogen-bond acceptors (Lipinski definition) is 3. The number of aryl methyl sites for hydroxylation is 1. The van der Waals surface area contributed by atoms with Crippen molar-refractivity contribution in [3.8, 4) is 0 Å². The van der Waals surface area contributed by atoms with Crippen LogP contribution in [0.5, 0.6) is 0 Å².